The molecular weight excluding hydrogens is 202 g/mol. The van der Waals surface area contributed by atoms with Gasteiger partial charge in [-0.1, -0.05) is 0 Å². The van der Waals surface area contributed by atoms with Gasteiger partial charge < -0.3 is 19.9 Å². The number of ether oxygens (including phenoxy) is 2. The minimum atomic E-state index is -1.09. The normalized spacial score (nSPS) is 14.3. The summed E-state index contributed by atoms with van der Waals surface area (Å²) < 4.78 is 9.69. The van der Waals surface area contributed by atoms with Crippen LogP contribution in [0.5, 0.6) is 0 Å². The van der Waals surface area contributed by atoms with Crippen LogP contribution in [0.25, 0.3) is 0 Å². The number of carbonyl (C=O) groups excluding carboxylic acids is 1. The molecule has 0 spiro atoms. The van der Waals surface area contributed by atoms with Crippen LogP contribution < -0.4 is 5.32 Å². The van der Waals surface area contributed by atoms with E-state index in [1.165, 1.54) is 21.0 Å². The zero-order valence-corrected chi connectivity index (χ0v) is 9.15. The standard InChI is InChI=1S/C9H17NO5/c1-6(15-7(2)9(12)13)8(11)10-4-5-14-3/h6-7H,4-5H2,1-3H3,(H,10,11)(H,12,13). The Morgan fingerprint density at radius 3 is 2.40 bits per heavy atom. The number of hydrogen-bond acceptors (Lipinski definition) is 4. The van der Waals surface area contributed by atoms with E-state index in [2.05, 4.69) is 5.32 Å². The lowest BCUT2D eigenvalue weighted by Gasteiger charge is -2.15. The molecule has 1 amide bonds. The average molecular weight is 219 g/mol. The zero-order chi connectivity index (χ0) is 11.8. The maximum absolute atomic E-state index is 11.3. The highest BCUT2D eigenvalue weighted by molar-refractivity contribution is 5.81. The average Bonchev–Trinajstić information content (AvgIpc) is 2.17. The number of aliphatic carboxylic acids is 1. The number of carbonyl (C=O) groups is 2. The lowest BCUT2D eigenvalue weighted by molar-refractivity contribution is -0.155. The third kappa shape index (κ3) is 6.03. The van der Waals surface area contributed by atoms with Crippen LogP contribution in [-0.4, -0.2) is 49.5 Å². The van der Waals surface area contributed by atoms with Crippen molar-refractivity contribution in [2.45, 2.75) is 26.1 Å². The van der Waals surface area contributed by atoms with Gasteiger partial charge in [-0.25, -0.2) is 4.79 Å². The molecule has 6 heteroatoms. The second-order valence-corrected chi connectivity index (χ2v) is 3.04. The number of carboxylic acid groups (broad SMARTS) is 1. The Balaban J connectivity index is 3.83. The lowest BCUT2D eigenvalue weighted by atomic mass is 10.3. The summed E-state index contributed by atoms with van der Waals surface area (Å²) >= 11 is 0. The van der Waals surface area contributed by atoms with Gasteiger partial charge in [-0.3, -0.25) is 4.79 Å². The number of hydrogen-bond donors (Lipinski definition) is 2. The van der Waals surface area contributed by atoms with Gasteiger partial charge in [0.15, 0.2) is 6.10 Å². The molecule has 15 heavy (non-hydrogen) atoms. The Labute approximate surface area is 88.6 Å². The van der Waals surface area contributed by atoms with Crippen LogP contribution in [0.15, 0.2) is 0 Å². The van der Waals surface area contributed by atoms with Crippen molar-refractivity contribution >= 4 is 11.9 Å². The fraction of sp³-hybridized carbons (Fsp3) is 0.778. The van der Waals surface area contributed by atoms with Crippen LogP contribution in [0.4, 0.5) is 0 Å². The van der Waals surface area contributed by atoms with Gasteiger partial charge in [0.2, 0.25) is 5.91 Å². The van der Waals surface area contributed by atoms with Crippen molar-refractivity contribution in [2.24, 2.45) is 0 Å². The molecule has 0 aliphatic carbocycles. The van der Waals surface area contributed by atoms with Crippen molar-refractivity contribution in [3.8, 4) is 0 Å². The lowest BCUT2D eigenvalue weighted by Crippen LogP contribution is -2.39. The number of rotatable bonds is 7. The van der Waals surface area contributed by atoms with Gasteiger partial charge >= 0.3 is 5.97 Å². The summed E-state index contributed by atoms with van der Waals surface area (Å²) in [6, 6.07) is 0. The maximum Gasteiger partial charge on any atom is 0.332 e. The minimum absolute atomic E-state index is 0.347. The summed E-state index contributed by atoms with van der Waals surface area (Å²) in [6.07, 6.45) is -1.78. The van der Waals surface area contributed by atoms with Crippen molar-refractivity contribution in [3.63, 3.8) is 0 Å². The molecule has 0 saturated carbocycles. The molecule has 0 aliphatic heterocycles. The molecule has 0 radical (unpaired) electrons. The summed E-state index contributed by atoms with van der Waals surface area (Å²) in [6.45, 7) is 3.67. The monoisotopic (exact) mass is 219 g/mol. The van der Waals surface area contributed by atoms with Crippen molar-refractivity contribution < 1.29 is 24.2 Å². The third-order valence-corrected chi connectivity index (χ3v) is 1.73. The number of amides is 1. The van der Waals surface area contributed by atoms with E-state index >= 15 is 0 Å². The largest absolute Gasteiger partial charge is 0.479 e. The highest BCUT2D eigenvalue weighted by Crippen LogP contribution is 1.98. The number of nitrogens with one attached hydrogen (secondary N) is 1. The smallest absolute Gasteiger partial charge is 0.332 e. The molecule has 0 aromatic rings. The zero-order valence-electron chi connectivity index (χ0n) is 9.15. The molecule has 0 aromatic carbocycles. The van der Waals surface area contributed by atoms with E-state index in [-0.39, 0.29) is 5.91 Å². The van der Waals surface area contributed by atoms with Gasteiger partial charge in [0.1, 0.15) is 6.10 Å². The van der Waals surface area contributed by atoms with Crippen LogP contribution in [0.3, 0.4) is 0 Å². The van der Waals surface area contributed by atoms with Crippen molar-refractivity contribution in [3.05, 3.63) is 0 Å². The van der Waals surface area contributed by atoms with Gasteiger partial charge in [0.25, 0.3) is 0 Å². The predicted molar refractivity (Wildman–Crippen MR) is 52.5 cm³/mol. The van der Waals surface area contributed by atoms with Gasteiger partial charge in [0.05, 0.1) is 6.61 Å². The topological polar surface area (TPSA) is 84.9 Å². The molecule has 6 nitrogen and oxygen atoms in total. The van der Waals surface area contributed by atoms with Gasteiger partial charge in [-0.2, -0.15) is 0 Å². The molecule has 2 N–H and O–H groups in total. The number of methoxy groups -OCH3 is 1. The molecule has 0 aromatic heterocycles. The molecule has 2 atom stereocenters. The Morgan fingerprint density at radius 1 is 1.33 bits per heavy atom. The molecule has 0 fully saturated rings. The summed E-state index contributed by atoms with van der Waals surface area (Å²) in [5.74, 6) is -1.44. The molecule has 0 aliphatic rings. The third-order valence-electron chi connectivity index (χ3n) is 1.73. The molecule has 0 saturated heterocycles. The van der Waals surface area contributed by atoms with E-state index < -0.39 is 18.2 Å². The van der Waals surface area contributed by atoms with E-state index in [1.54, 1.807) is 0 Å². The summed E-state index contributed by atoms with van der Waals surface area (Å²) in [7, 11) is 1.53. The molecule has 2 unspecified atom stereocenters. The Bertz CT molecular complexity index is 219. The van der Waals surface area contributed by atoms with Gasteiger partial charge in [-0.05, 0) is 13.8 Å². The number of carboxylic acids is 1. The maximum atomic E-state index is 11.3. The fourth-order valence-electron chi connectivity index (χ4n) is 0.846. The highest BCUT2D eigenvalue weighted by atomic mass is 16.5. The van der Waals surface area contributed by atoms with Crippen LogP contribution in [0.1, 0.15) is 13.8 Å². The van der Waals surface area contributed by atoms with Crippen LogP contribution in [0, 0.1) is 0 Å². The first kappa shape index (κ1) is 13.9. The fourth-order valence-corrected chi connectivity index (χ4v) is 0.846. The molecular formula is C9H17NO5. The first-order chi connectivity index (χ1) is 6.99. The van der Waals surface area contributed by atoms with Crippen LogP contribution >= 0.6 is 0 Å². The van der Waals surface area contributed by atoms with Crippen molar-refractivity contribution in [1.29, 1.82) is 0 Å². The SMILES string of the molecule is COCCNC(=O)C(C)OC(C)C(=O)O. The molecule has 0 heterocycles. The summed E-state index contributed by atoms with van der Waals surface area (Å²) in [5.41, 5.74) is 0. The molecule has 0 rings (SSSR count). The predicted octanol–water partition coefficient (Wildman–Crippen LogP) is -0.373. The van der Waals surface area contributed by atoms with Crippen LogP contribution in [-0.2, 0) is 19.1 Å². The highest BCUT2D eigenvalue weighted by Gasteiger charge is 2.20. The Kier molecular flexibility index (Phi) is 6.64. The minimum Gasteiger partial charge on any atom is -0.479 e. The first-order valence-corrected chi connectivity index (χ1v) is 4.64. The van der Waals surface area contributed by atoms with E-state index in [4.69, 9.17) is 14.6 Å². The van der Waals surface area contributed by atoms with E-state index in [0.717, 1.165) is 0 Å². The second kappa shape index (κ2) is 7.19. The Morgan fingerprint density at radius 2 is 1.93 bits per heavy atom. The van der Waals surface area contributed by atoms with Crippen LogP contribution in [0.2, 0.25) is 0 Å². The van der Waals surface area contributed by atoms with E-state index in [9.17, 15) is 9.59 Å². The van der Waals surface area contributed by atoms with Gasteiger partial charge in [-0.15, -0.1) is 0 Å². The quantitative estimate of drug-likeness (QED) is 0.570. The van der Waals surface area contributed by atoms with Gasteiger partial charge in [0, 0.05) is 13.7 Å². The molecule has 0 bridgehead atoms. The summed E-state index contributed by atoms with van der Waals surface area (Å²) in [4.78, 5) is 21.7. The van der Waals surface area contributed by atoms with Crippen molar-refractivity contribution in [1.82, 2.24) is 5.32 Å². The van der Waals surface area contributed by atoms with E-state index in [1.807, 2.05) is 0 Å². The first-order valence-electron chi connectivity index (χ1n) is 4.64. The summed E-state index contributed by atoms with van der Waals surface area (Å²) in [5, 5.41) is 11.1. The van der Waals surface area contributed by atoms with E-state index in [0.29, 0.717) is 13.2 Å². The Hall–Kier alpha value is -1.14. The second-order valence-electron chi connectivity index (χ2n) is 3.04. The molecule has 88 valence electrons. The van der Waals surface area contributed by atoms with Crippen molar-refractivity contribution in [2.75, 3.05) is 20.3 Å².